The van der Waals surface area contributed by atoms with Crippen LogP contribution in [-0.4, -0.2) is 36.4 Å². The Morgan fingerprint density at radius 1 is 0.447 bits per heavy atom. The van der Waals surface area contributed by atoms with E-state index in [1.807, 2.05) is 0 Å². The minimum Gasteiger partial charge on any atom is -0.463 e. The Hall–Kier alpha value is -1.10. The Kier molecular flexibility index (Phi) is 29.6. The Labute approximate surface area is 236 Å². The van der Waals surface area contributed by atoms with E-state index in [0.29, 0.717) is 12.8 Å². The molecule has 0 aliphatic carbocycles. The molecule has 0 aromatic carbocycles. The van der Waals surface area contributed by atoms with Crippen molar-refractivity contribution in [2.75, 3.05) is 13.2 Å². The summed E-state index contributed by atoms with van der Waals surface area (Å²) < 4.78 is 10.3. The summed E-state index contributed by atoms with van der Waals surface area (Å²) in [7, 11) is 0. The number of unbranched alkanes of at least 4 members (excludes halogenated alkanes) is 22. The quantitative estimate of drug-likeness (QED) is 0.0725. The first-order valence-corrected chi connectivity index (χ1v) is 16.6. The highest BCUT2D eigenvalue weighted by Gasteiger charge is 2.12. The summed E-state index contributed by atoms with van der Waals surface area (Å²) in [6.45, 7) is 4.28. The lowest BCUT2D eigenvalue weighted by atomic mass is 10.0. The number of hydrogen-bond acceptors (Lipinski definition) is 5. The molecule has 0 aliphatic heterocycles. The lowest BCUT2D eigenvalue weighted by Gasteiger charge is -2.12. The van der Waals surface area contributed by atoms with Crippen LogP contribution in [-0.2, 0) is 19.1 Å². The van der Waals surface area contributed by atoms with Crippen molar-refractivity contribution in [3.8, 4) is 0 Å². The number of ether oxygens (including phenoxy) is 2. The first kappa shape index (κ1) is 36.9. The number of rotatable bonds is 30. The van der Waals surface area contributed by atoms with Crippen molar-refractivity contribution in [3.05, 3.63) is 0 Å². The Bertz CT molecular complexity index is 508. The van der Waals surface area contributed by atoms with Gasteiger partial charge in [-0.05, 0) is 12.8 Å². The molecule has 0 aromatic rings. The molecule has 0 saturated carbocycles. The summed E-state index contributed by atoms with van der Waals surface area (Å²) in [5.41, 5.74) is 0. The van der Waals surface area contributed by atoms with E-state index in [1.165, 1.54) is 122 Å². The van der Waals surface area contributed by atoms with E-state index in [1.54, 1.807) is 0 Å². The average molecular weight is 541 g/mol. The molecule has 0 spiro atoms. The van der Waals surface area contributed by atoms with E-state index in [9.17, 15) is 14.7 Å². The molecule has 0 amide bonds. The molecule has 0 aromatic heterocycles. The monoisotopic (exact) mass is 540 g/mol. The van der Waals surface area contributed by atoms with Gasteiger partial charge in [0.2, 0.25) is 0 Å². The summed E-state index contributed by atoms with van der Waals surface area (Å²) in [5, 5.41) is 9.93. The van der Waals surface area contributed by atoms with Gasteiger partial charge in [-0.1, -0.05) is 155 Å². The molecule has 0 bridgehead atoms. The molecule has 5 nitrogen and oxygen atoms in total. The second-order valence-electron chi connectivity index (χ2n) is 11.3. The summed E-state index contributed by atoms with van der Waals surface area (Å²) in [4.78, 5) is 23.7. The minimum absolute atomic E-state index is 0.108. The van der Waals surface area contributed by atoms with Crippen LogP contribution in [0.4, 0.5) is 0 Å². The maximum absolute atomic E-state index is 11.9. The highest BCUT2D eigenvalue weighted by molar-refractivity contribution is 5.69. The maximum Gasteiger partial charge on any atom is 0.305 e. The number of hydrogen-bond donors (Lipinski definition) is 1. The van der Waals surface area contributed by atoms with Crippen LogP contribution in [0.15, 0.2) is 0 Å². The number of aliphatic hydroxyl groups excluding tert-OH is 1. The predicted octanol–water partition coefficient (Wildman–Crippen LogP) is 9.62. The van der Waals surface area contributed by atoms with Crippen LogP contribution in [0, 0.1) is 0 Å². The lowest BCUT2D eigenvalue weighted by Crippen LogP contribution is -2.25. The lowest BCUT2D eigenvalue weighted by molar-refractivity contribution is -0.152. The Balaban J connectivity index is 3.39. The van der Waals surface area contributed by atoms with Gasteiger partial charge in [-0.25, -0.2) is 0 Å². The van der Waals surface area contributed by atoms with Crippen molar-refractivity contribution >= 4 is 11.9 Å². The molecule has 5 heteroatoms. The summed E-state index contributed by atoms with van der Waals surface area (Å²) >= 11 is 0. The molecule has 0 saturated heterocycles. The van der Waals surface area contributed by atoms with E-state index in [2.05, 4.69) is 13.8 Å². The third-order valence-corrected chi connectivity index (χ3v) is 7.34. The summed E-state index contributed by atoms with van der Waals surface area (Å²) in [5.74, 6) is -0.559. The van der Waals surface area contributed by atoms with Crippen LogP contribution in [0.25, 0.3) is 0 Å². The molecular formula is C33H64O5. The van der Waals surface area contributed by atoms with Crippen LogP contribution >= 0.6 is 0 Å². The second-order valence-corrected chi connectivity index (χ2v) is 11.3. The van der Waals surface area contributed by atoms with Gasteiger partial charge in [0.05, 0.1) is 0 Å². The fraction of sp³-hybridized carbons (Fsp3) is 0.939. The third kappa shape index (κ3) is 29.5. The van der Waals surface area contributed by atoms with Crippen molar-refractivity contribution in [3.63, 3.8) is 0 Å². The van der Waals surface area contributed by atoms with Gasteiger partial charge in [0.1, 0.15) is 19.3 Å². The van der Waals surface area contributed by atoms with Crippen LogP contribution < -0.4 is 0 Å². The van der Waals surface area contributed by atoms with Gasteiger partial charge in [-0.3, -0.25) is 9.59 Å². The van der Waals surface area contributed by atoms with Gasteiger partial charge < -0.3 is 14.6 Å². The van der Waals surface area contributed by atoms with Crippen LogP contribution in [0.3, 0.4) is 0 Å². The van der Waals surface area contributed by atoms with E-state index in [4.69, 9.17) is 9.47 Å². The number of carbonyl (C=O) groups excluding carboxylic acids is 2. The largest absolute Gasteiger partial charge is 0.463 e. The second kappa shape index (κ2) is 30.4. The molecule has 38 heavy (non-hydrogen) atoms. The summed E-state index contributed by atoms with van der Waals surface area (Å²) in [6.07, 6.45) is 30.1. The molecule has 1 N–H and O–H groups in total. The third-order valence-electron chi connectivity index (χ3n) is 7.34. The zero-order chi connectivity index (χ0) is 27.9. The van der Waals surface area contributed by atoms with Crippen molar-refractivity contribution in [2.45, 2.75) is 187 Å². The minimum atomic E-state index is -0.952. The van der Waals surface area contributed by atoms with Gasteiger partial charge in [0.15, 0.2) is 0 Å². The van der Waals surface area contributed by atoms with Crippen molar-refractivity contribution in [2.24, 2.45) is 0 Å². The van der Waals surface area contributed by atoms with Crippen molar-refractivity contribution in [1.82, 2.24) is 0 Å². The van der Waals surface area contributed by atoms with E-state index < -0.39 is 6.10 Å². The first-order chi connectivity index (χ1) is 18.6. The van der Waals surface area contributed by atoms with Crippen molar-refractivity contribution < 1.29 is 24.2 Å². The summed E-state index contributed by atoms with van der Waals surface area (Å²) in [6, 6.07) is 0. The van der Waals surface area contributed by atoms with Gasteiger partial charge >= 0.3 is 11.9 Å². The van der Waals surface area contributed by atoms with Gasteiger partial charge in [0.25, 0.3) is 0 Å². The standard InChI is InChI=1S/C33H64O5/c1-3-5-7-9-11-13-14-15-16-17-18-20-22-24-26-28-33(36)38-30-31(34)29-37-32(35)27-25-23-21-19-12-10-8-6-4-2/h31,34H,3-30H2,1-2H3/t31-/m1/s1. The zero-order valence-corrected chi connectivity index (χ0v) is 25.5. The van der Waals surface area contributed by atoms with Gasteiger partial charge in [0, 0.05) is 12.8 Å². The van der Waals surface area contributed by atoms with E-state index >= 15 is 0 Å². The fourth-order valence-corrected chi connectivity index (χ4v) is 4.79. The predicted molar refractivity (Wildman–Crippen MR) is 159 cm³/mol. The van der Waals surface area contributed by atoms with Gasteiger partial charge in [-0.2, -0.15) is 0 Å². The van der Waals surface area contributed by atoms with Crippen LogP contribution in [0.1, 0.15) is 181 Å². The molecular weight excluding hydrogens is 476 g/mol. The fourth-order valence-electron chi connectivity index (χ4n) is 4.79. The van der Waals surface area contributed by atoms with E-state index in [0.717, 1.165) is 32.1 Å². The zero-order valence-electron chi connectivity index (χ0n) is 25.5. The molecule has 0 aliphatic rings. The molecule has 0 rings (SSSR count). The van der Waals surface area contributed by atoms with Crippen LogP contribution in [0.2, 0.25) is 0 Å². The topological polar surface area (TPSA) is 72.8 Å². The normalized spacial score (nSPS) is 12.0. The van der Waals surface area contributed by atoms with Crippen LogP contribution in [0.5, 0.6) is 0 Å². The Morgan fingerprint density at radius 2 is 0.684 bits per heavy atom. The number of esters is 2. The van der Waals surface area contributed by atoms with Crippen molar-refractivity contribution in [1.29, 1.82) is 0 Å². The molecule has 1 atom stereocenters. The maximum atomic E-state index is 11.9. The average Bonchev–Trinajstić information content (AvgIpc) is 2.92. The number of carbonyl (C=O) groups is 2. The molecule has 0 fully saturated rings. The molecule has 0 unspecified atom stereocenters. The first-order valence-electron chi connectivity index (χ1n) is 16.6. The highest BCUT2D eigenvalue weighted by Crippen LogP contribution is 2.14. The number of aliphatic hydroxyl groups is 1. The highest BCUT2D eigenvalue weighted by atomic mass is 16.6. The SMILES string of the molecule is CCCCCCCCCCCCCCCCCC(=O)OC[C@H](O)COC(=O)CCCCCCCCCCC. The van der Waals surface area contributed by atoms with Gasteiger partial charge in [-0.15, -0.1) is 0 Å². The smallest absolute Gasteiger partial charge is 0.305 e. The molecule has 226 valence electrons. The molecule has 0 radical (unpaired) electrons. The van der Waals surface area contributed by atoms with E-state index in [-0.39, 0.29) is 25.2 Å². The Morgan fingerprint density at radius 3 is 0.947 bits per heavy atom. The molecule has 0 heterocycles.